The Hall–Kier alpha value is -0.460. The molecule has 0 saturated carbocycles. The van der Waals surface area contributed by atoms with E-state index in [9.17, 15) is 0 Å². The average molecular weight is 296 g/mol. The number of likely N-dealkylation sites (tertiary alicyclic amines) is 1. The fraction of sp³-hybridized carbons (Fsp3) is 0.733. The van der Waals surface area contributed by atoms with E-state index >= 15 is 0 Å². The number of nitrogens with two attached hydrogens (primary N) is 1. The second-order valence-electron chi connectivity index (χ2n) is 5.95. The molecule has 2 aliphatic heterocycles. The second-order valence-corrected chi connectivity index (χ2v) is 6.90. The summed E-state index contributed by atoms with van der Waals surface area (Å²) in [4.78, 5) is 3.84. The first kappa shape index (κ1) is 14.5. The molecule has 2 saturated heterocycles. The van der Waals surface area contributed by atoms with E-state index in [0.717, 1.165) is 25.9 Å². The van der Waals surface area contributed by atoms with Gasteiger partial charge in [-0.05, 0) is 43.8 Å². The lowest BCUT2D eigenvalue weighted by Gasteiger charge is -2.43. The quantitative estimate of drug-likeness (QED) is 0.929. The van der Waals surface area contributed by atoms with Crippen molar-refractivity contribution in [1.82, 2.24) is 4.90 Å². The summed E-state index contributed by atoms with van der Waals surface area (Å²) in [6, 6.07) is 2.54. The molecule has 2 fully saturated rings. The van der Waals surface area contributed by atoms with Gasteiger partial charge in [0.1, 0.15) is 0 Å². The molecular formula is C15H24N2O2S. The van der Waals surface area contributed by atoms with Crippen LogP contribution < -0.4 is 5.73 Å². The molecule has 5 heteroatoms. The number of ether oxygens (including phenoxy) is 2. The fourth-order valence-electron chi connectivity index (χ4n) is 3.41. The van der Waals surface area contributed by atoms with Gasteiger partial charge in [0.05, 0.1) is 25.8 Å². The molecule has 2 aliphatic rings. The van der Waals surface area contributed by atoms with Gasteiger partial charge < -0.3 is 15.2 Å². The molecular weight excluding hydrogens is 272 g/mol. The Morgan fingerprint density at radius 1 is 1.40 bits per heavy atom. The van der Waals surface area contributed by atoms with Gasteiger partial charge in [-0.3, -0.25) is 4.90 Å². The van der Waals surface area contributed by atoms with E-state index < -0.39 is 0 Å². The summed E-state index contributed by atoms with van der Waals surface area (Å²) >= 11 is 1.81. The van der Waals surface area contributed by atoms with Crippen molar-refractivity contribution in [3.63, 3.8) is 0 Å². The third kappa shape index (κ3) is 2.65. The molecule has 0 aromatic carbocycles. The monoisotopic (exact) mass is 296 g/mol. The highest BCUT2D eigenvalue weighted by Gasteiger charge is 2.43. The SMILES string of the molecule is Cc1ccsc1C(C(C)N)N1CCCC2(C1)OCCO2. The molecule has 0 radical (unpaired) electrons. The van der Waals surface area contributed by atoms with Gasteiger partial charge in [-0.2, -0.15) is 0 Å². The Morgan fingerprint density at radius 2 is 2.15 bits per heavy atom. The minimum absolute atomic E-state index is 0.101. The second kappa shape index (κ2) is 5.73. The van der Waals surface area contributed by atoms with Crippen molar-refractivity contribution in [3.8, 4) is 0 Å². The summed E-state index contributed by atoms with van der Waals surface area (Å²) in [5.74, 6) is -0.378. The van der Waals surface area contributed by atoms with Gasteiger partial charge in [0.15, 0.2) is 5.79 Å². The summed E-state index contributed by atoms with van der Waals surface area (Å²) in [5, 5.41) is 2.16. The molecule has 2 unspecified atom stereocenters. The molecule has 1 aromatic rings. The van der Waals surface area contributed by atoms with Crippen LogP contribution in [0, 0.1) is 6.92 Å². The van der Waals surface area contributed by atoms with Crippen LogP contribution in [0.3, 0.4) is 0 Å². The number of aryl methyl sites for hydroxylation is 1. The zero-order chi connectivity index (χ0) is 14.2. The summed E-state index contributed by atoms with van der Waals surface area (Å²) in [6.45, 7) is 7.60. The highest BCUT2D eigenvalue weighted by atomic mass is 32.1. The average Bonchev–Trinajstić information content (AvgIpc) is 3.01. The first-order chi connectivity index (χ1) is 9.61. The highest BCUT2D eigenvalue weighted by Crippen LogP contribution is 2.37. The Bertz CT molecular complexity index is 454. The van der Waals surface area contributed by atoms with Crippen LogP contribution in [0.4, 0.5) is 0 Å². The van der Waals surface area contributed by atoms with Crippen molar-refractivity contribution in [2.45, 2.75) is 44.6 Å². The number of nitrogens with zero attached hydrogens (tertiary/aromatic N) is 1. The maximum atomic E-state index is 6.30. The van der Waals surface area contributed by atoms with Crippen molar-refractivity contribution in [1.29, 1.82) is 0 Å². The van der Waals surface area contributed by atoms with Crippen LogP contribution in [0.1, 0.15) is 36.2 Å². The zero-order valence-electron chi connectivity index (χ0n) is 12.3. The van der Waals surface area contributed by atoms with Gasteiger partial charge in [0.25, 0.3) is 0 Å². The first-order valence-corrected chi connectivity index (χ1v) is 8.31. The Balaban J connectivity index is 1.83. The van der Waals surface area contributed by atoms with Crippen LogP contribution in [-0.4, -0.2) is 43.0 Å². The Morgan fingerprint density at radius 3 is 2.75 bits per heavy atom. The minimum atomic E-state index is -0.378. The molecule has 2 atom stereocenters. The lowest BCUT2D eigenvalue weighted by Crippen LogP contribution is -2.52. The van der Waals surface area contributed by atoms with Gasteiger partial charge >= 0.3 is 0 Å². The number of hydrogen-bond acceptors (Lipinski definition) is 5. The van der Waals surface area contributed by atoms with E-state index in [1.807, 2.05) is 11.3 Å². The zero-order valence-corrected chi connectivity index (χ0v) is 13.1. The smallest absolute Gasteiger partial charge is 0.181 e. The maximum absolute atomic E-state index is 6.30. The molecule has 4 nitrogen and oxygen atoms in total. The molecule has 2 N–H and O–H groups in total. The summed E-state index contributed by atoms with van der Waals surface area (Å²) in [7, 11) is 0. The topological polar surface area (TPSA) is 47.7 Å². The summed E-state index contributed by atoms with van der Waals surface area (Å²) < 4.78 is 11.8. The van der Waals surface area contributed by atoms with Crippen molar-refractivity contribution in [2.75, 3.05) is 26.3 Å². The molecule has 0 amide bonds. The predicted octanol–water partition coefficient (Wildman–Crippen LogP) is 2.28. The molecule has 20 heavy (non-hydrogen) atoms. The number of thiophene rings is 1. The van der Waals surface area contributed by atoms with Crippen LogP contribution in [0.5, 0.6) is 0 Å². The van der Waals surface area contributed by atoms with Gasteiger partial charge in [-0.15, -0.1) is 11.3 Å². The van der Waals surface area contributed by atoms with Crippen LogP contribution in [0.25, 0.3) is 0 Å². The predicted molar refractivity (Wildman–Crippen MR) is 80.9 cm³/mol. The van der Waals surface area contributed by atoms with E-state index in [0.29, 0.717) is 13.2 Å². The van der Waals surface area contributed by atoms with Crippen LogP contribution >= 0.6 is 11.3 Å². The molecule has 1 spiro atoms. The molecule has 112 valence electrons. The van der Waals surface area contributed by atoms with E-state index in [1.54, 1.807) is 0 Å². The lowest BCUT2D eigenvalue weighted by molar-refractivity contribution is -0.194. The van der Waals surface area contributed by atoms with Crippen LogP contribution in [0.2, 0.25) is 0 Å². The van der Waals surface area contributed by atoms with E-state index in [4.69, 9.17) is 15.2 Å². The molecule has 1 aromatic heterocycles. The standard InChI is InChI=1S/C15H24N2O2S/c1-11-4-9-20-14(11)13(12(2)16)17-6-3-5-15(10-17)18-7-8-19-15/h4,9,12-13H,3,5-8,10,16H2,1-2H3. The van der Waals surface area contributed by atoms with Crippen molar-refractivity contribution in [2.24, 2.45) is 5.73 Å². The van der Waals surface area contributed by atoms with Crippen molar-refractivity contribution >= 4 is 11.3 Å². The summed E-state index contributed by atoms with van der Waals surface area (Å²) in [5.41, 5.74) is 7.64. The molecule has 3 heterocycles. The third-order valence-electron chi connectivity index (χ3n) is 4.32. The Labute approximate surface area is 124 Å². The van der Waals surface area contributed by atoms with Crippen molar-refractivity contribution in [3.05, 3.63) is 21.9 Å². The van der Waals surface area contributed by atoms with Crippen LogP contribution in [-0.2, 0) is 9.47 Å². The third-order valence-corrected chi connectivity index (χ3v) is 5.41. The van der Waals surface area contributed by atoms with Crippen LogP contribution in [0.15, 0.2) is 11.4 Å². The largest absolute Gasteiger partial charge is 0.346 e. The van der Waals surface area contributed by atoms with E-state index in [-0.39, 0.29) is 17.9 Å². The van der Waals surface area contributed by atoms with Gasteiger partial charge in [-0.1, -0.05) is 0 Å². The first-order valence-electron chi connectivity index (χ1n) is 7.43. The van der Waals surface area contributed by atoms with E-state index in [1.165, 1.54) is 10.4 Å². The lowest BCUT2D eigenvalue weighted by atomic mass is 9.97. The fourth-order valence-corrected chi connectivity index (χ4v) is 4.59. The summed E-state index contributed by atoms with van der Waals surface area (Å²) in [6.07, 6.45) is 2.10. The normalized spacial score (nSPS) is 25.9. The maximum Gasteiger partial charge on any atom is 0.181 e. The van der Waals surface area contributed by atoms with Gasteiger partial charge in [0, 0.05) is 17.3 Å². The number of rotatable bonds is 3. The van der Waals surface area contributed by atoms with Crippen molar-refractivity contribution < 1.29 is 9.47 Å². The highest BCUT2D eigenvalue weighted by molar-refractivity contribution is 7.10. The Kier molecular flexibility index (Phi) is 4.15. The number of piperidine rings is 1. The molecule has 0 bridgehead atoms. The van der Waals surface area contributed by atoms with Gasteiger partial charge in [0.2, 0.25) is 0 Å². The minimum Gasteiger partial charge on any atom is -0.346 e. The molecule has 3 rings (SSSR count). The van der Waals surface area contributed by atoms with E-state index in [2.05, 4.69) is 30.2 Å². The van der Waals surface area contributed by atoms with Gasteiger partial charge in [-0.25, -0.2) is 0 Å². The number of hydrogen-bond donors (Lipinski definition) is 1. The molecule has 0 aliphatic carbocycles.